The Morgan fingerprint density at radius 2 is 0.955 bits per heavy atom. The van der Waals surface area contributed by atoms with E-state index in [1.54, 1.807) is 128 Å². The molecule has 4 N–H and O–H groups in total. The fraction of sp³-hybridized carbons (Fsp3) is 0.219. The summed E-state index contributed by atoms with van der Waals surface area (Å²) in [6, 6.07) is 43.6. The van der Waals surface area contributed by atoms with Crippen LogP contribution in [0.4, 0.5) is 11.4 Å². The molecule has 2 saturated carbocycles. The van der Waals surface area contributed by atoms with Crippen LogP contribution in [-0.2, 0) is 32.9 Å². The number of nitrogens with two attached hydrogens (primary N) is 1. The zero-order valence-corrected chi connectivity index (χ0v) is 55.0. The normalized spacial score (nSPS) is 16.7. The van der Waals surface area contributed by atoms with Gasteiger partial charge in [-0.3, -0.25) is 19.7 Å². The molecule has 0 aliphatic heterocycles. The number of rotatable bonds is 15. The zero-order chi connectivity index (χ0) is 62.8. The summed E-state index contributed by atoms with van der Waals surface area (Å²) >= 11 is 12.4. The van der Waals surface area contributed by atoms with Crippen LogP contribution in [-0.4, -0.2) is 92.4 Å². The number of aromatic nitrogens is 6. The quantitative estimate of drug-likeness (QED) is 0.0374. The first-order chi connectivity index (χ1) is 42.9. The summed E-state index contributed by atoms with van der Waals surface area (Å²) in [6.45, 7) is 0. The average Bonchev–Trinajstić information content (AvgIpc) is 1.67. The Morgan fingerprint density at radius 3 is 1.36 bits per heavy atom. The standard InChI is InChI=1S/C32H28ClN5O5S.C32H30ClN5O3S.2ClH.Sn/c33-28-19-34-30(18-21-7-6-8-23(17-21)35-32(39)22-13-15-24(16-14-22)38(40)41)36-31(28)27-20-37(29-12-5-4-11-26(27)29)44(42,43)25-9-2-1-3-10-25;33-28-19-35-30(18-21-7-6-8-24(17-21)36-32(39)22-13-15-23(34)16-14-22)37-31(28)27-20-38(29-12-5-4-11-26(27)29)42(40,41)25-9-2-1-3-10-25;;;/h1-5,9-16,19-21,23H,6-8,17-18H2,(H,35,39);1-5,9-16,19-21,24H,6-8,17-18,34H2,(H,36,39);2*1H;/q;;;;+2/p-2. The van der Waals surface area contributed by atoms with Gasteiger partial charge in [0.15, 0.2) is 0 Å². The molecule has 0 spiro atoms. The Balaban J connectivity index is 0.000000188. The van der Waals surface area contributed by atoms with E-state index >= 15 is 0 Å². The van der Waals surface area contributed by atoms with Gasteiger partial charge in [0.1, 0.15) is 11.6 Å². The van der Waals surface area contributed by atoms with Gasteiger partial charge in [0.2, 0.25) is 0 Å². The number of nitrogen functional groups attached to an aromatic ring is 1. The number of nitro groups is 1. The molecule has 6 aromatic carbocycles. The first-order valence-corrected chi connectivity index (χ1v) is 39.3. The van der Waals surface area contributed by atoms with Crippen LogP contribution < -0.4 is 16.4 Å². The van der Waals surface area contributed by atoms with Crippen LogP contribution in [0.1, 0.15) is 83.7 Å². The molecule has 4 aromatic heterocycles. The number of nitrogens with one attached hydrogen (secondary N) is 2. The van der Waals surface area contributed by atoms with Gasteiger partial charge >= 0.3 is 36.7 Å². The molecule has 2 radical (unpaired) electrons. The van der Waals surface area contributed by atoms with E-state index in [1.807, 2.05) is 30.3 Å². The molecule has 0 bridgehead atoms. The average molecular weight is 1420 g/mol. The number of hydrogen-bond donors (Lipinski definition) is 3. The molecule has 2 amide bonds. The Morgan fingerprint density at radius 1 is 0.573 bits per heavy atom. The third-order valence-corrected chi connectivity index (χ3v) is 19.7. The first kappa shape index (κ1) is 64.5. The topological polar surface area (TPSA) is 257 Å². The van der Waals surface area contributed by atoms with Crippen molar-refractivity contribution in [2.45, 2.75) is 86.1 Å². The summed E-state index contributed by atoms with van der Waals surface area (Å²) in [4.78, 5) is 55.0. The van der Waals surface area contributed by atoms with Crippen LogP contribution in [0, 0.1) is 22.0 Å². The van der Waals surface area contributed by atoms with Crippen LogP contribution in [0.5, 0.6) is 0 Å². The number of nitrogens with zero attached hydrogens (tertiary/aromatic N) is 7. The fourth-order valence-corrected chi connectivity index (χ4v) is 14.7. The number of carbonyl (C=O) groups excluding carboxylic acids is 2. The van der Waals surface area contributed by atoms with E-state index in [2.05, 4.69) is 20.6 Å². The van der Waals surface area contributed by atoms with Gasteiger partial charge in [0.05, 0.1) is 47.2 Å². The van der Waals surface area contributed by atoms with Crippen molar-refractivity contribution in [2.24, 2.45) is 11.8 Å². The second-order valence-corrected chi connectivity index (χ2v) is 30.3. The van der Waals surface area contributed by atoms with E-state index in [0.717, 1.165) is 56.8 Å². The number of para-hydroxylation sites is 2. The van der Waals surface area contributed by atoms with Crippen molar-refractivity contribution < 1.29 is 31.3 Å². The number of benzene rings is 6. The molecule has 456 valence electrons. The molecule has 2 aliphatic carbocycles. The molecule has 4 heterocycles. The zero-order valence-electron chi connectivity index (χ0n) is 47.5. The Kier molecular flexibility index (Phi) is 21.0. The van der Waals surface area contributed by atoms with E-state index in [9.17, 15) is 36.5 Å². The molecule has 2 aliphatic rings. The summed E-state index contributed by atoms with van der Waals surface area (Å²) in [7, 11) is 2.15. The van der Waals surface area contributed by atoms with Gasteiger partial charge in [0, 0.05) is 101 Å². The van der Waals surface area contributed by atoms with Gasteiger partial charge in [-0.25, -0.2) is 44.7 Å². The van der Waals surface area contributed by atoms with Gasteiger partial charge in [0.25, 0.3) is 37.5 Å². The Bertz CT molecular complexity index is 4420. The van der Waals surface area contributed by atoms with E-state index in [4.69, 9.17) is 56.7 Å². The SMILES string of the molecule is Nc1ccc(C(=O)NC2CCCC(Cc3ncc(Cl)c(-c4cn(S(=O)(=O)c5ccccc5)c5ccccc45)n3)C2)cc1.O=C(NC1CCCC(Cc2ncc(Cl)c(-c3cn(S(=O)(=O)c4ccccc4)c4ccccc34)n2)C1)c1ccc([N+](=O)[O-])cc1.[Cl][Sn][Cl]. The van der Waals surface area contributed by atoms with Gasteiger partial charge in [-0.2, -0.15) is 0 Å². The molecular formula is C64H58Cl4N10O8S2Sn. The third kappa shape index (κ3) is 15.2. The van der Waals surface area contributed by atoms with Crippen LogP contribution >= 0.6 is 41.0 Å². The predicted molar refractivity (Wildman–Crippen MR) is 349 cm³/mol. The first-order valence-electron chi connectivity index (χ1n) is 28.4. The van der Waals surface area contributed by atoms with E-state index in [1.165, 1.54) is 32.2 Å². The number of fused-ring (bicyclic) bond motifs is 2. The minimum atomic E-state index is -3.87. The molecule has 2 fully saturated rings. The van der Waals surface area contributed by atoms with Gasteiger partial charge in [-0.05, 0) is 123 Å². The van der Waals surface area contributed by atoms with Gasteiger partial charge in [-0.15, -0.1) is 0 Å². The van der Waals surface area contributed by atoms with Crippen molar-refractivity contribution in [3.63, 3.8) is 0 Å². The fourth-order valence-electron chi connectivity index (χ4n) is 11.5. The number of anilines is 1. The number of carbonyl (C=O) groups is 2. The van der Waals surface area contributed by atoms with Crippen LogP contribution in [0.25, 0.3) is 44.3 Å². The van der Waals surface area contributed by atoms with Crippen LogP contribution in [0.2, 0.25) is 10.0 Å². The van der Waals surface area contributed by atoms with E-state index in [-0.39, 0.29) is 51.2 Å². The minimum absolute atomic E-state index is 0.0515. The van der Waals surface area contributed by atoms with Crippen molar-refractivity contribution in [2.75, 3.05) is 5.73 Å². The molecule has 18 nitrogen and oxygen atoms in total. The van der Waals surface area contributed by atoms with Crippen molar-refractivity contribution >= 4 is 125 Å². The van der Waals surface area contributed by atoms with Crippen molar-refractivity contribution in [1.82, 2.24) is 38.5 Å². The molecule has 0 saturated heterocycles. The van der Waals surface area contributed by atoms with Crippen molar-refractivity contribution in [1.29, 1.82) is 0 Å². The summed E-state index contributed by atoms with van der Waals surface area (Å²) in [6.07, 6.45) is 14.6. The Labute approximate surface area is 542 Å². The summed E-state index contributed by atoms with van der Waals surface area (Å²) in [5, 5.41) is 19.2. The van der Waals surface area contributed by atoms with Gasteiger partial charge in [-0.1, -0.05) is 109 Å². The molecule has 12 rings (SSSR count). The third-order valence-electron chi connectivity index (χ3n) is 15.7. The summed E-state index contributed by atoms with van der Waals surface area (Å²) < 4.78 is 56.9. The molecule has 4 atom stereocenters. The second kappa shape index (κ2) is 29.0. The van der Waals surface area contributed by atoms with Crippen molar-refractivity contribution in [3.05, 3.63) is 225 Å². The number of hydrogen-bond acceptors (Lipinski definition) is 13. The maximum atomic E-state index is 13.6. The van der Waals surface area contributed by atoms with E-state index < -0.39 is 43.9 Å². The van der Waals surface area contributed by atoms with E-state index in [0.29, 0.717) is 90.3 Å². The predicted octanol–water partition coefficient (Wildman–Crippen LogP) is 13.5. The molecular weight excluding hydrogens is 1360 g/mol. The van der Waals surface area contributed by atoms with Crippen molar-refractivity contribution in [3.8, 4) is 22.5 Å². The van der Waals surface area contributed by atoms with Crippen LogP contribution in [0.3, 0.4) is 0 Å². The second-order valence-electron chi connectivity index (χ2n) is 21.6. The molecule has 25 heteroatoms. The number of non-ortho nitro benzene ring substituents is 1. The number of nitro benzene ring substituents is 1. The molecule has 89 heavy (non-hydrogen) atoms. The number of halogens is 4. The van der Waals surface area contributed by atoms with Crippen LogP contribution in [0.15, 0.2) is 192 Å². The maximum absolute atomic E-state index is 13.6. The molecule has 4 unspecified atom stereocenters. The summed E-state index contributed by atoms with van der Waals surface area (Å²) in [5.41, 5.74) is 10.5. The molecule has 10 aromatic rings. The summed E-state index contributed by atoms with van der Waals surface area (Å²) in [5.74, 6) is 1.33. The number of amides is 2. The Hall–Kier alpha value is -7.44. The monoisotopic (exact) mass is 1420 g/mol. The van der Waals surface area contributed by atoms with Gasteiger partial charge < -0.3 is 16.4 Å².